The van der Waals surface area contributed by atoms with Crippen molar-refractivity contribution in [2.24, 2.45) is 0 Å². The number of hydrogen-bond donors (Lipinski definition) is 3. The van der Waals surface area contributed by atoms with Crippen LogP contribution in [0.2, 0.25) is 0 Å². The van der Waals surface area contributed by atoms with Crippen LogP contribution in [0.5, 0.6) is 5.75 Å². The van der Waals surface area contributed by atoms with E-state index in [2.05, 4.69) is 20.5 Å². The summed E-state index contributed by atoms with van der Waals surface area (Å²) < 4.78 is 7.15. The Morgan fingerprint density at radius 3 is 2.67 bits per heavy atom. The molecular formula is C21H29N6O3+. The molecule has 0 spiro atoms. The number of rotatable bonds is 4. The number of aliphatic hydroxyl groups is 1. The number of nitrogens with one attached hydrogen (secondary N) is 2. The number of aromatic nitrogens is 5. The van der Waals surface area contributed by atoms with Gasteiger partial charge < -0.3 is 19.7 Å². The first-order valence-electron chi connectivity index (χ1n) is 10.3. The lowest BCUT2D eigenvalue weighted by Gasteiger charge is -2.33. The highest BCUT2D eigenvalue weighted by molar-refractivity contribution is 5.80. The Morgan fingerprint density at radius 1 is 1.27 bits per heavy atom. The molecule has 1 aromatic carbocycles. The van der Waals surface area contributed by atoms with Gasteiger partial charge in [-0.2, -0.15) is 0 Å². The van der Waals surface area contributed by atoms with E-state index < -0.39 is 0 Å². The van der Waals surface area contributed by atoms with Gasteiger partial charge in [-0.15, -0.1) is 5.10 Å². The minimum atomic E-state index is -0.342. The fourth-order valence-corrected chi connectivity index (χ4v) is 4.20. The summed E-state index contributed by atoms with van der Waals surface area (Å²) in [4.78, 5) is 17.3. The zero-order valence-electron chi connectivity index (χ0n) is 17.8. The van der Waals surface area contributed by atoms with Crippen LogP contribution in [0.15, 0.2) is 29.1 Å². The van der Waals surface area contributed by atoms with E-state index in [0.717, 1.165) is 29.7 Å². The molecule has 1 atom stereocenters. The molecule has 3 N–H and O–H groups in total. The first kappa shape index (κ1) is 20.5. The third-order valence-electron chi connectivity index (χ3n) is 5.78. The molecule has 2 aromatic heterocycles. The number of H-pyrrole nitrogens is 1. The van der Waals surface area contributed by atoms with Crippen molar-refractivity contribution in [3.05, 3.63) is 46.0 Å². The number of fused-ring (bicyclic) bond motifs is 1. The molecule has 3 aromatic rings. The van der Waals surface area contributed by atoms with Crippen molar-refractivity contribution in [1.82, 2.24) is 25.2 Å². The smallest absolute Gasteiger partial charge is 0.258 e. The average Bonchev–Trinajstić information content (AvgIpc) is 3.19. The molecule has 160 valence electrons. The van der Waals surface area contributed by atoms with Crippen LogP contribution in [0.4, 0.5) is 0 Å². The second kappa shape index (κ2) is 7.81. The molecule has 0 aliphatic carbocycles. The Hall–Kier alpha value is -2.78. The van der Waals surface area contributed by atoms with E-state index in [4.69, 9.17) is 4.74 Å². The van der Waals surface area contributed by atoms with E-state index in [9.17, 15) is 9.90 Å². The molecular weight excluding hydrogens is 384 g/mol. The van der Waals surface area contributed by atoms with E-state index in [1.54, 1.807) is 11.8 Å². The Morgan fingerprint density at radius 2 is 2.00 bits per heavy atom. The highest BCUT2D eigenvalue weighted by Crippen LogP contribution is 2.24. The summed E-state index contributed by atoms with van der Waals surface area (Å²) in [5.74, 6) is 1.38. The first-order valence-corrected chi connectivity index (χ1v) is 10.3. The molecule has 9 heteroatoms. The van der Waals surface area contributed by atoms with Crippen molar-refractivity contribution < 1.29 is 14.7 Å². The lowest BCUT2D eigenvalue weighted by molar-refractivity contribution is -0.932. The van der Waals surface area contributed by atoms with Gasteiger partial charge in [-0.3, -0.25) is 4.79 Å². The summed E-state index contributed by atoms with van der Waals surface area (Å²) in [7, 11) is 1.62. The van der Waals surface area contributed by atoms with Crippen LogP contribution in [0.25, 0.3) is 10.9 Å². The monoisotopic (exact) mass is 413 g/mol. The van der Waals surface area contributed by atoms with E-state index >= 15 is 0 Å². The number of quaternary nitrogens is 1. The van der Waals surface area contributed by atoms with Crippen LogP contribution in [0.3, 0.4) is 0 Å². The molecule has 0 saturated carbocycles. The third-order valence-corrected chi connectivity index (χ3v) is 5.78. The van der Waals surface area contributed by atoms with Crippen LogP contribution in [-0.2, 0) is 5.54 Å². The van der Waals surface area contributed by atoms with Gasteiger partial charge in [0.15, 0.2) is 6.04 Å². The third kappa shape index (κ3) is 3.82. The van der Waals surface area contributed by atoms with Gasteiger partial charge in [-0.05, 0) is 55.5 Å². The Bertz CT molecular complexity index is 1090. The van der Waals surface area contributed by atoms with Gasteiger partial charge in [0.2, 0.25) is 5.82 Å². The number of piperidine rings is 1. The van der Waals surface area contributed by atoms with Crippen molar-refractivity contribution in [2.45, 2.75) is 51.3 Å². The van der Waals surface area contributed by atoms with Crippen molar-refractivity contribution in [1.29, 1.82) is 0 Å². The summed E-state index contributed by atoms with van der Waals surface area (Å²) in [6.07, 6.45) is 1.07. The number of benzene rings is 1. The van der Waals surface area contributed by atoms with Crippen LogP contribution >= 0.6 is 0 Å². The van der Waals surface area contributed by atoms with Crippen molar-refractivity contribution >= 4 is 10.9 Å². The van der Waals surface area contributed by atoms with Crippen LogP contribution in [0, 0.1) is 0 Å². The predicted molar refractivity (Wildman–Crippen MR) is 112 cm³/mol. The maximum absolute atomic E-state index is 13.2. The number of ether oxygens (including phenoxy) is 1. The van der Waals surface area contributed by atoms with E-state index in [1.807, 2.05) is 45.0 Å². The molecule has 0 radical (unpaired) electrons. The average molecular weight is 414 g/mol. The SMILES string of the molecule is COc1ccc2[nH]c(=O)c([C@@H](c3nnnn3C(C)(C)C)[NH+]3CCC(O)CC3)cc2c1. The molecule has 4 rings (SSSR count). The minimum Gasteiger partial charge on any atom is -0.497 e. The summed E-state index contributed by atoms with van der Waals surface area (Å²) >= 11 is 0. The van der Waals surface area contributed by atoms with Gasteiger partial charge in [-0.25, -0.2) is 4.68 Å². The molecule has 9 nitrogen and oxygen atoms in total. The van der Waals surface area contributed by atoms with Crippen molar-refractivity contribution in [2.75, 3.05) is 20.2 Å². The molecule has 0 unspecified atom stereocenters. The molecule has 1 fully saturated rings. The van der Waals surface area contributed by atoms with Crippen LogP contribution in [-0.4, -0.2) is 56.6 Å². The molecule has 3 heterocycles. The maximum atomic E-state index is 13.2. The summed E-state index contributed by atoms with van der Waals surface area (Å²) in [6.45, 7) is 7.58. The first-order chi connectivity index (χ1) is 14.3. The van der Waals surface area contributed by atoms with Gasteiger partial charge >= 0.3 is 0 Å². The number of nitrogens with zero attached hydrogens (tertiary/aromatic N) is 4. The second-order valence-corrected chi connectivity index (χ2v) is 8.95. The second-order valence-electron chi connectivity index (χ2n) is 8.95. The number of pyridine rings is 1. The summed E-state index contributed by atoms with van der Waals surface area (Å²) in [5, 5.41) is 23.4. The number of aliphatic hydroxyl groups excluding tert-OH is 1. The molecule has 0 amide bonds. The van der Waals surface area contributed by atoms with E-state index in [0.29, 0.717) is 24.2 Å². The van der Waals surface area contributed by atoms with Gasteiger partial charge in [0.25, 0.3) is 5.56 Å². The Balaban J connectivity index is 1.89. The standard InChI is InChI=1S/C21H28N6O3/c1-21(2,3)27-19(23-24-25-27)18(26-9-7-14(28)8-10-26)16-12-13-11-15(30-4)5-6-17(13)22-20(16)29/h5-6,11-12,14,18,28H,7-10H2,1-4H3,(H,22,29)/p+1/t18-/m0/s1. The summed E-state index contributed by atoms with van der Waals surface area (Å²) in [5.41, 5.74) is 0.878. The quantitative estimate of drug-likeness (QED) is 0.571. The number of likely N-dealkylation sites (tertiary alicyclic amines) is 1. The van der Waals surface area contributed by atoms with Gasteiger partial charge in [-0.1, -0.05) is 0 Å². The lowest BCUT2D eigenvalue weighted by Crippen LogP contribution is -3.14. The maximum Gasteiger partial charge on any atom is 0.258 e. The van der Waals surface area contributed by atoms with Crippen LogP contribution < -0.4 is 15.2 Å². The number of tetrazole rings is 1. The van der Waals surface area contributed by atoms with Crippen LogP contribution in [0.1, 0.15) is 51.0 Å². The molecule has 1 aliphatic rings. The summed E-state index contributed by atoms with van der Waals surface area (Å²) in [6, 6.07) is 7.16. The number of hydrogen-bond acceptors (Lipinski definition) is 6. The van der Waals surface area contributed by atoms with Crippen molar-refractivity contribution in [3.63, 3.8) is 0 Å². The lowest BCUT2D eigenvalue weighted by atomic mass is 9.98. The Kier molecular flexibility index (Phi) is 5.33. The number of aromatic amines is 1. The molecule has 0 bridgehead atoms. The predicted octanol–water partition coefficient (Wildman–Crippen LogP) is 0.407. The molecule has 30 heavy (non-hydrogen) atoms. The zero-order chi connectivity index (χ0) is 21.5. The molecule has 1 saturated heterocycles. The highest BCUT2D eigenvalue weighted by atomic mass is 16.5. The molecule has 1 aliphatic heterocycles. The largest absolute Gasteiger partial charge is 0.497 e. The topological polar surface area (TPSA) is 110 Å². The van der Waals surface area contributed by atoms with E-state index in [1.165, 1.54) is 4.90 Å². The Labute approximate surface area is 174 Å². The fraction of sp³-hybridized carbons (Fsp3) is 0.524. The van der Waals surface area contributed by atoms with E-state index in [-0.39, 0.29) is 23.2 Å². The number of methoxy groups -OCH3 is 1. The zero-order valence-corrected chi connectivity index (χ0v) is 17.8. The fourth-order valence-electron chi connectivity index (χ4n) is 4.20. The van der Waals surface area contributed by atoms with Gasteiger partial charge in [0, 0.05) is 23.7 Å². The van der Waals surface area contributed by atoms with Gasteiger partial charge in [0.05, 0.1) is 37.4 Å². The normalized spacial score (nSPS) is 21.0. The van der Waals surface area contributed by atoms with Gasteiger partial charge in [0.1, 0.15) is 5.75 Å². The highest BCUT2D eigenvalue weighted by Gasteiger charge is 2.38. The minimum absolute atomic E-state index is 0.153. The van der Waals surface area contributed by atoms with Crippen molar-refractivity contribution in [3.8, 4) is 5.75 Å².